The molecular formula is C18H16ClF3N6O4. The first-order valence-electron chi connectivity index (χ1n) is 9.36. The van der Waals surface area contributed by atoms with E-state index in [0.717, 1.165) is 7.05 Å². The van der Waals surface area contributed by atoms with Crippen LogP contribution in [0.4, 0.5) is 19.1 Å². The van der Waals surface area contributed by atoms with E-state index in [-0.39, 0.29) is 21.2 Å². The molecule has 0 unspecified atom stereocenters. The molecule has 0 spiro atoms. The Bertz CT molecular complexity index is 1320. The van der Waals surface area contributed by atoms with E-state index in [1.807, 2.05) is 0 Å². The number of carbonyl (C=O) groups is 1. The Morgan fingerprint density at radius 1 is 1.19 bits per heavy atom. The van der Waals surface area contributed by atoms with Crippen LogP contribution in [-0.4, -0.2) is 57.2 Å². The molecule has 3 heterocycles. The molecule has 0 atom stereocenters. The molecule has 2 aromatic heterocycles. The molecule has 0 amide bonds. The summed E-state index contributed by atoms with van der Waals surface area (Å²) in [6, 6.07) is 6.47. The summed E-state index contributed by atoms with van der Waals surface area (Å²) >= 11 is 6.34. The molecule has 3 aromatic rings. The highest BCUT2D eigenvalue weighted by Crippen LogP contribution is 2.29. The van der Waals surface area contributed by atoms with E-state index in [1.54, 1.807) is 29.2 Å². The maximum absolute atomic E-state index is 13.0. The highest BCUT2D eigenvalue weighted by atomic mass is 35.5. The number of rotatable bonds is 3. The van der Waals surface area contributed by atoms with Crippen molar-refractivity contribution in [2.45, 2.75) is 6.18 Å². The van der Waals surface area contributed by atoms with Crippen LogP contribution in [0.25, 0.3) is 16.9 Å². The first kappa shape index (κ1) is 21.9. The Morgan fingerprint density at radius 2 is 1.84 bits per heavy atom. The van der Waals surface area contributed by atoms with Gasteiger partial charge in [-0.05, 0) is 12.1 Å². The minimum atomic E-state index is -5.37. The Kier molecular flexibility index (Phi) is 5.46. The summed E-state index contributed by atoms with van der Waals surface area (Å²) in [6.07, 6.45) is -5.37. The molecule has 32 heavy (non-hydrogen) atoms. The van der Waals surface area contributed by atoms with Crippen molar-refractivity contribution in [2.24, 2.45) is 7.05 Å². The van der Waals surface area contributed by atoms with Gasteiger partial charge in [-0.2, -0.15) is 18.2 Å². The average molecular weight is 473 g/mol. The predicted octanol–water partition coefficient (Wildman–Crippen LogP) is 0.466. The molecule has 1 aromatic carbocycles. The lowest BCUT2D eigenvalue weighted by Crippen LogP contribution is -2.45. The van der Waals surface area contributed by atoms with E-state index >= 15 is 0 Å². The molecule has 4 rings (SSSR count). The third-order valence-electron chi connectivity index (χ3n) is 4.90. The lowest BCUT2D eigenvalue weighted by Gasteiger charge is -2.28. The third kappa shape index (κ3) is 3.62. The van der Waals surface area contributed by atoms with E-state index in [2.05, 4.69) is 15.1 Å². The van der Waals surface area contributed by atoms with Gasteiger partial charge in [-0.3, -0.25) is 13.9 Å². The number of benzene rings is 1. The number of hydrogen-bond donors (Lipinski definition) is 1. The summed E-state index contributed by atoms with van der Waals surface area (Å²) in [6.45, 7) is 2.08. The number of anilines is 1. The van der Waals surface area contributed by atoms with Gasteiger partial charge in [0.15, 0.2) is 5.52 Å². The number of para-hydroxylation sites is 1. The molecular weight excluding hydrogens is 457 g/mol. The molecule has 0 radical (unpaired) electrons. The van der Waals surface area contributed by atoms with Gasteiger partial charge in [-0.25, -0.2) is 9.59 Å². The van der Waals surface area contributed by atoms with Crippen LogP contribution < -0.4 is 26.3 Å². The lowest BCUT2D eigenvalue weighted by atomic mass is 10.3. The van der Waals surface area contributed by atoms with Crippen molar-refractivity contribution in [1.82, 2.24) is 24.2 Å². The number of alkyl halides is 3. The van der Waals surface area contributed by atoms with Crippen LogP contribution in [0, 0.1) is 0 Å². The maximum atomic E-state index is 13.0. The van der Waals surface area contributed by atoms with Crippen molar-refractivity contribution in [3.05, 3.63) is 50.1 Å². The van der Waals surface area contributed by atoms with E-state index in [9.17, 15) is 27.6 Å². The largest absolute Gasteiger partial charge is 0.493 e. The van der Waals surface area contributed by atoms with Gasteiger partial charge in [0.05, 0.1) is 10.7 Å². The second-order valence-electron chi connectivity index (χ2n) is 6.93. The van der Waals surface area contributed by atoms with Crippen LogP contribution in [0.1, 0.15) is 0 Å². The molecule has 1 saturated heterocycles. The minimum absolute atomic E-state index is 0.0750. The number of hydrogen-bond acceptors (Lipinski definition) is 7. The maximum Gasteiger partial charge on any atom is 0.493 e. The molecule has 1 fully saturated rings. The van der Waals surface area contributed by atoms with Crippen LogP contribution in [0.2, 0.25) is 5.02 Å². The minimum Gasteiger partial charge on any atom is -0.339 e. The van der Waals surface area contributed by atoms with E-state index < -0.39 is 29.0 Å². The fraction of sp³-hybridized carbons (Fsp3) is 0.333. The fourth-order valence-electron chi connectivity index (χ4n) is 3.36. The van der Waals surface area contributed by atoms with Gasteiger partial charge < -0.3 is 15.1 Å². The number of aromatic nitrogens is 4. The summed E-state index contributed by atoms with van der Waals surface area (Å²) in [5.41, 5.74) is -2.64. The van der Waals surface area contributed by atoms with Crippen molar-refractivity contribution < 1.29 is 22.8 Å². The van der Waals surface area contributed by atoms with Crippen LogP contribution >= 0.6 is 11.6 Å². The van der Waals surface area contributed by atoms with Crippen LogP contribution in [-0.2, 0) is 11.8 Å². The quantitative estimate of drug-likeness (QED) is 0.591. The topological polar surface area (TPSA) is 103 Å². The normalized spacial score (nSPS) is 14.7. The molecule has 0 saturated carbocycles. The summed E-state index contributed by atoms with van der Waals surface area (Å²) in [4.78, 5) is 47.4. The molecule has 0 bridgehead atoms. The third-order valence-corrected chi connectivity index (χ3v) is 5.22. The SMILES string of the molecule is Cn1c(=O)c2c(nc(N3CCNCC3)n2-c2ccccc2Cl)n(OC(=O)C(F)(F)F)c1=O. The second kappa shape index (κ2) is 7.98. The highest BCUT2D eigenvalue weighted by Gasteiger charge is 2.43. The molecule has 0 aliphatic carbocycles. The van der Waals surface area contributed by atoms with E-state index in [4.69, 9.17) is 11.6 Å². The van der Waals surface area contributed by atoms with Gasteiger partial charge in [0, 0.05) is 33.2 Å². The summed E-state index contributed by atoms with van der Waals surface area (Å²) in [5, 5.41) is 3.38. The number of halogens is 4. The van der Waals surface area contributed by atoms with Gasteiger partial charge in [0.1, 0.15) is 0 Å². The Morgan fingerprint density at radius 3 is 2.47 bits per heavy atom. The van der Waals surface area contributed by atoms with Crippen molar-refractivity contribution >= 4 is 34.7 Å². The average Bonchev–Trinajstić information content (AvgIpc) is 3.15. The van der Waals surface area contributed by atoms with Gasteiger partial charge in [0.25, 0.3) is 5.56 Å². The van der Waals surface area contributed by atoms with Crippen LogP contribution in [0.3, 0.4) is 0 Å². The van der Waals surface area contributed by atoms with Crippen molar-refractivity contribution in [2.75, 3.05) is 31.1 Å². The summed E-state index contributed by atoms with van der Waals surface area (Å²) in [5.74, 6) is -2.47. The monoisotopic (exact) mass is 472 g/mol. The Balaban J connectivity index is 2.08. The lowest BCUT2D eigenvalue weighted by molar-refractivity contribution is -0.200. The number of imidazole rings is 1. The summed E-state index contributed by atoms with van der Waals surface area (Å²) < 4.78 is 40.4. The summed E-state index contributed by atoms with van der Waals surface area (Å²) in [7, 11) is 1.05. The van der Waals surface area contributed by atoms with Crippen molar-refractivity contribution in [3.63, 3.8) is 0 Å². The zero-order valence-electron chi connectivity index (χ0n) is 16.5. The highest BCUT2D eigenvalue weighted by molar-refractivity contribution is 6.32. The Hall–Kier alpha value is -3.32. The number of nitrogens with one attached hydrogen (secondary N) is 1. The number of piperazine rings is 1. The van der Waals surface area contributed by atoms with E-state index in [0.29, 0.717) is 36.4 Å². The smallest absolute Gasteiger partial charge is 0.339 e. The van der Waals surface area contributed by atoms with Crippen molar-refractivity contribution in [3.8, 4) is 5.69 Å². The molecule has 170 valence electrons. The zero-order chi connectivity index (χ0) is 23.2. The second-order valence-corrected chi connectivity index (χ2v) is 7.33. The fourth-order valence-corrected chi connectivity index (χ4v) is 3.58. The van der Waals surface area contributed by atoms with Crippen molar-refractivity contribution in [1.29, 1.82) is 0 Å². The van der Waals surface area contributed by atoms with E-state index in [1.165, 1.54) is 4.57 Å². The molecule has 1 aliphatic rings. The zero-order valence-corrected chi connectivity index (χ0v) is 17.3. The molecule has 1 aliphatic heterocycles. The number of nitrogens with zero attached hydrogens (tertiary/aromatic N) is 5. The van der Waals surface area contributed by atoms with Gasteiger partial charge in [-0.1, -0.05) is 28.5 Å². The first-order valence-corrected chi connectivity index (χ1v) is 9.73. The van der Waals surface area contributed by atoms with Crippen LogP contribution in [0.15, 0.2) is 33.9 Å². The Labute approximate surface area is 182 Å². The first-order chi connectivity index (χ1) is 15.1. The molecule has 14 heteroatoms. The molecule has 1 N–H and O–H groups in total. The predicted molar refractivity (Wildman–Crippen MR) is 108 cm³/mol. The van der Waals surface area contributed by atoms with Gasteiger partial charge in [0.2, 0.25) is 11.6 Å². The van der Waals surface area contributed by atoms with Crippen LogP contribution in [0.5, 0.6) is 0 Å². The van der Waals surface area contributed by atoms with Gasteiger partial charge >= 0.3 is 17.8 Å². The molecule has 10 nitrogen and oxygen atoms in total. The number of carbonyl (C=O) groups excluding carboxylic acids is 1. The standard InChI is InChI=1S/C18H16ClF3N6O4/c1-25-14(29)12-13(28(17(25)31)32-15(30)18(20,21)22)24-16(26-8-6-23-7-9-26)27(12)11-5-3-2-4-10(11)19/h2-5,23H,6-9H2,1H3. The van der Waals surface area contributed by atoms with Gasteiger partial charge in [-0.15, -0.1) is 0 Å². The number of fused-ring (bicyclic) bond motifs is 1.